The molecule has 2 atom stereocenters. The van der Waals surface area contributed by atoms with Crippen LogP contribution in [0.4, 0.5) is 0 Å². The van der Waals surface area contributed by atoms with Crippen LogP contribution in [0.1, 0.15) is 50.2 Å². The lowest BCUT2D eigenvalue weighted by atomic mass is 9.48. The Morgan fingerprint density at radius 3 is 2.30 bits per heavy atom. The van der Waals surface area contributed by atoms with Crippen molar-refractivity contribution in [2.45, 2.75) is 58.5 Å². The molecule has 5 rings (SSSR count). The standard InChI is InChI=1S/C19H27N/c1-13-3-5-14(6-4-13)12-20-18-16-7-15-8-17(18)11-19(2,9-15)10-16/h3-6,15-18,20H,7-12H2,1-2H3. The molecule has 4 aliphatic carbocycles. The summed E-state index contributed by atoms with van der Waals surface area (Å²) in [5, 5.41) is 3.92. The Morgan fingerprint density at radius 1 is 1.05 bits per heavy atom. The normalized spacial score (nSPS) is 42.1. The summed E-state index contributed by atoms with van der Waals surface area (Å²) in [6.07, 6.45) is 7.47. The van der Waals surface area contributed by atoms with Crippen molar-refractivity contribution in [3.8, 4) is 0 Å². The largest absolute Gasteiger partial charge is 0.309 e. The maximum atomic E-state index is 3.92. The Balaban J connectivity index is 1.44. The minimum Gasteiger partial charge on any atom is -0.309 e. The molecule has 20 heavy (non-hydrogen) atoms. The SMILES string of the molecule is Cc1ccc(CNC2C3CC4CC2CC(C)(C4)C3)cc1. The van der Waals surface area contributed by atoms with E-state index in [1.54, 1.807) is 0 Å². The molecule has 4 aliphatic rings. The van der Waals surface area contributed by atoms with Gasteiger partial charge in [-0.1, -0.05) is 36.8 Å². The molecule has 0 heterocycles. The van der Waals surface area contributed by atoms with Crippen LogP contribution in [-0.2, 0) is 6.54 Å². The summed E-state index contributed by atoms with van der Waals surface area (Å²) in [5.41, 5.74) is 3.49. The van der Waals surface area contributed by atoms with E-state index in [1.807, 2.05) is 0 Å². The molecule has 1 N–H and O–H groups in total. The van der Waals surface area contributed by atoms with E-state index in [4.69, 9.17) is 0 Å². The molecular weight excluding hydrogens is 242 g/mol. The van der Waals surface area contributed by atoms with Gasteiger partial charge < -0.3 is 5.32 Å². The molecule has 4 saturated carbocycles. The first-order chi connectivity index (χ1) is 9.61. The number of rotatable bonds is 3. The molecule has 108 valence electrons. The lowest BCUT2D eigenvalue weighted by molar-refractivity contribution is -0.0669. The third-order valence-corrected chi connectivity index (χ3v) is 6.24. The van der Waals surface area contributed by atoms with Crippen LogP contribution in [0.25, 0.3) is 0 Å². The fraction of sp³-hybridized carbons (Fsp3) is 0.684. The van der Waals surface area contributed by atoms with Crippen molar-refractivity contribution < 1.29 is 0 Å². The highest BCUT2D eigenvalue weighted by molar-refractivity contribution is 5.21. The van der Waals surface area contributed by atoms with Crippen molar-refractivity contribution in [2.75, 3.05) is 0 Å². The Kier molecular flexibility index (Phi) is 2.96. The minimum atomic E-state index is 0.693. The highest BCUT2D eigenvalue weighted by atomic mass is 14.9. The molecule has 1 aromatic rings. The van der Waals surface area contributed by atoms with Gasteiger partial charge in [0, 0.05) is 12.6 Å². The van der Waals surface area contributed by atoms with Crippen molar-refractivity contribution >= 4 is 0 Å². The van der Waals surface area contributed by atoms with Crippen LogP contribution >= 0.6 is 0 Å². The summed E-state index contributed by atoms with van der Waals surface area (Å²) in [4.78, 5) is 0. The molecule has 0 aromatic heterocycles. The number of aryl methyl sites for hydroxylation is 1. The van der Waals surface area contributed by atoms with Crippen LogP contribution in [0, 0.1) is 30.1 Å². The number of hydrogen-bond donors (Lipinski definition) is 1. The summed E-state index contributed by atoms with van der Waals surface area (Å²) < 4.78 is 0. The molecule has 2 unspecified atom stereocenters. The van der Waals surface area contributed by atoms with Crippen molar-refractivity contribution in [1.29, 1.82) is 0 Å². The predicted octanol–water partition coefficient (Wildman–Crippen LogP) is 4.30. The second-order valence-electron chi connectivity index (χ2n) is 8.17. The average Bonchev–Trinajstić information content (AvgIpc) is 2.38. The third-order valence-electron chi connectivity index (χ3n) is 6.24. The van der Waals surface area contributed by atoms with Crippen molar-refractivity contribution in [3.63, 3.8) is 0 Å². The number of hydrogen-bond acceptors (Lipinski definition) is 1. The van der Waals surface area contributed by atoms with Crippen LogP contribution in [0.5, 0.6) is 0 Å². The summed E-state index contributed by atoms with van der Waals surface area (Å²) >= 11 is 0. The van der Waals surface area contributed by atoms with Gasteiger partial charge in [-0.05, 0) is 67.8 Å². The van der Waals surface area contributed by atoms with Gasteiger partial charge in [-0.25, -0.2) is 0 Å². The zero-order valence-corrected chi connectivity index (χ0v) is 12.9. The zero-order valence-electron chi connectivity index (χ0n) is 12.9. The molecule has 1 aromatic carbocycles. The van der Waals surface area contributed by atoms with Crippen LogP contribution < -0.4 is 5.32 Å². The van der Waals surface area contributed by atoms with Crippen LogP contribution in [0.2, 0.25) is 0 Å². The van der Waals surface area contributed by atoms with E-state index in [1.165, 1.54) is 43.2 Å². The van der Waals surface area contributed by atoms with Crippen LogP contribution in [0.3, 0.4) is 0 Å². The Labute approximate surface area is 123 Å². The van der Waals surface area contributed by atoms with Crippen molar-refractivity contribution in [3.05, 3.63) is 35.4 Å². The Bertz CT molecular complexity index is 473. The van der Waals surface area contributed by atoms with E-state index in [0.717, 1.165) is 30.3 Å². The molecule has 0 spiro atoms. The van der Waals surface area contributed by atoms with E-state index in [9.17, 15) is 0 Å². The topological polar surface area (TPSA) is 12.0 Å². The number of benzene rings is 1. The summed E-state index contributed by atoms with van der Waals surface area (Å²) in [5.74, 6) is 2.96. The minimum absolute atomic E-state index is 0.693. The van der Waals surface area contributed by atoms with Gasteiger partial charge >= 0.3 is 0 Å². The second-order valence-corrected chi connectivity index (χ2v) is 8.17. The van der Waals surface area contributed by atoms with Crippen LogP contribution in [0.15, 0.2) is 24.3 Å². The van der Waals surface area contributed by atoms with Gasteiger partial charge in [-0.3, -0.25) is 0 Å². The summed E-state index contributed by atoms with van der Waals surface area (Å²) in [6.45, 7) is 5.77. The molecule has 1 heteroatoms. The van der Waals surface area contributed by atoms with E-state index in [-0.39, 0.29) is 0 Å². The first-order valence-corrected chi connectivity index (χ1v) is 8.40. The van der Waals surface area contributed by atoms with Crippen molar-refractivity contribution in [1.82, 2.24) is 5.32 Å². The molecule has 4 fully saturated rings. The Hall–Kier alpha value is -0.820. The van der Waals surface area contributed by atoms with E-state index in [2.05, 4.69) is 43.4 Å². The van der Waals surface area contributed by atoms with Crippen LogP contribution in [-0.4, -0.2) is 6.04 Å². The lowest BCUT2D eigenvalue weighted by Crippen LogP contribution is -2.57. The van der Waals surface area contributed by atoms with Gasteiger partial charge in [0.15, 0.2) is 0 Å². The lowest BCUT2D eigenvalue weighted by Gasteiger charge is -2.59. The van der Waals surface area contributed by atoms with E-state index >= 15 is 0 Å². The third kappa shape index (κ3) is 2.20. The van der Waals surface area contributed by atoms with Gasteiger partial charge in [-0.15, -0.1) is 0 Å². The van der Waals surface area contributed by atoms with Gasteiger partial charge in [0.2, 0.25) is 0 Å². The molecule has 0 amide bonds. The van der Waals surface area contributed by atoms with Gasteiger partial charge in [0.1, 0.15) is 0 Å². The quantitative estimate of drug-likeness (QED) is 0.862. The van der Waals surface area contributed by atoms with E-state index < -0.39 is 0 Å². The van der Waals surface area contributed by atoms with E-state index in [0.29, 0.717) is 5.41 Å². The number of nitrogens with one attached hydrogen (secondary N) is 1. The zero-order chi connectivity index (χ0) is 13.7. The van der Waals surface area contributed by atoms with Gasteiger partial charge in [0.05, 0.1) is 0 Å². The second kappa shape index (κ2) is 4.59. The average molecular weight is 269 g/mol. The maximum Gasteiger partial charge on any atom is 0.0208 e. The maximum absolute atomic E-state index is 3.92. The first kappa shape index (κ1) is 12.9. The molecule has 0 aliphatic heterocycles. The molecule has 1 nitrogen and oxygen atoms in total. The highest BCUT2D eigenvalue weighted by Gasteiger charge is 2.52. The monoisotopic (exact) mass is 269 g/mol. The fourth-order valence-electron chi connectivity index (χ4n) is 5.71. The predicted molar refractivity (Wildman–Crippen MR) is 83.5 cm³/mol. The molecule has 0 saturated heterocycles. The smallest absolute Gasteiger partial charge is 0.0208 e. The summed E-state index contributed by atoms with van der Waals surface area (Å²) in [6, 6.07) is 9.81. The van der Waals surface area contributed by atoms with Gasteiger partial charge in [-0.2, -0.15) is 0 Å². The molecule has 4 bridgehead atoms. The highest BCUT2D eigenvalue weighted by Crippen LogP contribution is 2.59. The first-order valence-electron chi connectivity index (χ1n) is 8.40. The molecular formula is C19H27N. The van der Waals surface area contributed by atoms with Crippen molar-refractivity contribution in [2.24, 2.45) is 23.2 Å². The fourth-order valence-corrected chi connectivity index (χ4v) is 5.71. The Morgan fingerprint density at radius 2 is 1.70 bits per heavy atom. The van der Waals surface area contributed by atoms with Gasteiger partial charge in [0.25, 0.3) is 0 Å². The molecule has 0 radical (unpaired) electrons. The summed E-state index contributed by atoms with van der Waals surface area (Å²) in [7, 11) is 0.